The average molecular weight is 1070 g/mol. The number of ether oxygens (including phenoxy) is 2. The van der Waals surface area contributed by atoms with E-state index in [0.717, 1.165) is 18.1 Å². The van der Waals surface area contributed by atoms with Crippen molar-refractivity contribution in [3.05, 3.63) is 47.0 Å². The van der Waals surface area contributed by atoms with E-state index in [1.54, 1.807) is 58.0 Å². The Balaban J connectivity index is 0.00000276. The van der Waals surface area contributed by atoms with E-state index in [0.29, 0.717) is 5.57 Å². The Morgan fingerprint density at radius 3 is 2.11 bits per heavy atom. The monoisotopic (exact) mass is 1070 g/mol. The fourth-order valence-corrected chi connectivity index (χ4v) is 11.7. The number of esters is 1. The van der Waals surface area contributed by atoms with Gasteiger partial charge in [0.25, 0.3) is 0 Å². The molecule has 4 N–H and O–H groups in total. The van der Waals surface area contributed by atoms with Gasteiger partial charge in [-0.2, -0.15) is 0 Å². The van der Waals surface area contributed by atoms with Crippen molar-refractivity contribution in [1.82, 2.24) is 0 Å². The Kier molecular flexibility index (Phi) is 12.8. The summed E-state index contributed by atoms with van der Waals surface area (Å²) >= 11 is 0. The van der Waals surface area contributed by atoms with Crippen LogP contribution < -0.4 is 0 Å². The number of benzene rings is 1. The molecule has 1 aliphatic heterocycles. The maximum Gasteiger partial charge on any atom is 0.338 e. The number of fused-ring (bicyclic) bond motifs is 5. The minimum absolute atomic E-state index is 0. The predicted octanol–water partition coefficient (Wildman–Crippen LogP) is 3.54. The van der Waals surface area contributed by atoms with Crippen molar-refractivity contribution in [2.24, 2.45) is 16.7 Å². The zero-order chi connectivity index (χ0) is 31.8. The third-order valence-electron chi connectivity index (χ3n) is 11.9. The molecule has 3 fully saturated rings. The maximum atomic E-state index is 14.9. The van der Waals surface area contributed by atoms with E-state index in [-0.39, 0.29) is 119 Å². The van der Waals surface area contributed by atoms with Gasteiger partial charge in [0.15, 0.2) is 14.1 Å². The molecule has 1 heterocycles. The number of ketones is 1. The third kappa shape index (κ3) is 6.07. The molecule has 0 aromatic heterocycles. The molecular formula is C33H48Ac2O9Si. The van der Waals surface area contributed by atoms with Crippen molar-refractivity contribution >= 4 is 20.1 Å². The van der Waals surface area contributed by atoms with E-state index >= 15 is 0 Å². The average Bonchev–Trinajstić information content (AvgIpc) is 2.98. The van der Waals surface area contributed by atoms with Crippen LogP contribution in [0.1, 0.15) is 71.7 Å². The first-order valence-electron chi connectivity index (χ1n) is 15.7. The van der Waals surface area contributed by atoms with Crippen LogP contribution in [-0.4, -0.2) is 88.8 Å². The van der Waals surface area contributed by atoms with E-state index in [2.05, 4.69) is 20.8 Å². The largest absolute Gasteiger partial charge is 0.455 e. The van der Waals surface area contributed by atoms with Crippen molar-refractivity contribution < 1.29 is 132 Å². The first-order chi connectivity index (χ1) is 20.1. The van der Waals surface area contributed by atoms with Crippen molar-refractivity contribution in [2.45, 2.75) is 121 Å². The number of Topliss-reactive ketones (excluding diaryl/α,β-unsaturated/α-hetero) is 1. The van der Waals surface area contributed by atoms with Crippen LogP contribution in [0.4, 0.5) is 0 Å². The molecule has 12 heteroatoms. The minimum atomic E-state index is -2.36. The molecule has 4 aliphatic rings. The van der Waals surface area contributed by atoms with E-state index in [1.807, 2.05) is 0 Å². The molecular weight excluding hydrogens is 1020 g/mol. The normalized spacial score (nSPS) is 38.7. The summed E-state index contributed by atoms with van der Waals surface area (Å²) in [4.78, 5) is 28.7. The number of carbonyl (C=O) groups excluding carboxylic acids is 2. The van der Waals surface area contributed by atoms with Crippen LogP contribution in [0.2, 0.25) is 18.1 Å². The molecule has 1 saturated heterocycles. The molecule has 7 unspecified atom stereocenters. The Hall–Kier alpha value is 0.960. The van der Waals surface area contributed by atoms with Crippen LogP contribution in [0.5, 0.6) is 0 Å². The number of carbonyl (C=O) groups is 2. The number of rotatable bonds is 7. The summed E-state index contributed by atoms with van der Waals surface area (Å²) in [5.41, 5.74) is -5.69. The molecule has 2 bridgehead atoms. The van der Waals surface area contributed by atoms with Gasteiger partial charge >= 0.3 is 5.97 Å². The molecule has 9 nitrogen and oxygen atoms in total. The Morgan fingerprint density at radius 2 is 1.60 bits per heavy atom. The molecule has 1 aromatic rings. The summed E-state index contributed by atoms with van der Waals surface area (Å²) in [6.07, 6.45) is -5.85. The van der Waals surface area contributed by atoms with Crippen molar-refractivity contribution in [3.8, 4) is 0 Å². The molecule has 1 aromatic carbocycles. The van der Waals surface area contributed by atoms with Crippen LogP contribution in [-0.2, 0) is 18.7 Å². The summed E-state index contributed by atoms with van der Waals surface area (Å²) in [6.45, 7) is 12.9. The summed E-state index contributed by atoms with van der Waals surface area (Å²) in [6, 6.07) is 10.8. The van der Waals surface area contributed by atoms with E-state index < -0.39 is 78.5 Å². The van der Waals surface area contributed by atoms with Crippen molar-refractivity contribution in [2.75, 3.05) is 6.61 Å². The Labute approximate surface area is 339 Å². The molecule has 2 saturated carbocycles. The van der Waals surface area contributed by atoms with Gasteiger partial charge in [0.1, 0.15) is 23.4 Å². The Morgan fingerprint density at radius 1 is 1.02 bits per heavy atom. The number of hydrogen-bond donors (Lipinski definition) is 4. The summed E-state index contributed by atoms with van der Waals surface area (Å²) in [7, 11) is -2.36. The maximum absolute atomic E-state index is 14.9. The number of aliphatic hydroxyl groups is 4. The SMILES string of the molecule is CC[Si](CC)(CC)O[C@H]1CC2OCC2(O)C2[C@H](OC(=O)c3ccccc3)C3(O)CC(O)C(C)=C(C(O)C(=O)C21C)C3(C)C.[Ac].[Ac]. The molecule has 45 heavy (non-hydrogen) atoms. The topological polar surface area (TPSA) is 143 Å². The minimum Gasteiger partial charge on any atom is -0.455 e. The van der Waals surface area contributed by atoms with E-state index in [4.69, 9.17) is 13.9 Å². The van der Waals surface area contributed by atoms with Gasteiger partial charge in [0, 0.05) is 112 Å². The predicted molar refractivity (Wildman–Crippen MR) is 162 cm³/mol. The standard InChI is InChI=1S/C33H48O9Si.2Ac/c1-8-43(9-2,10-3)42-22-16-23-32(38,18-40-23)26-28(41-29(37)20-14-12-11-13-15-20)33(39)17-21(34)19(4)24(30(33,5)6)25(35)27(36)31(22,26)7;;/h11-15,21-23,25-26,28,34-35,38-39H,8-10,16-18H2,1-7H3;;/t21?,22-,23?,25?,26?,28-,31?,32?,33?;;/m0../s1. The zero-order valence-electron chi connectivity index (χ0n) is 27.6. The molecule has 9 atom stereocenters. The fourth-order valence-electron chi connectivity index (χ4n) is 8.72. The molecule has 0 amide bonds. The smallest absolute Gasteiger partial charge is 0.338 e. The molecule has 5 rings (SSSR count). The second kappa shape index (κ2) is 14.3. The van der Waals surface area contributed by atoms with Crippen molar-refractivity contribution in [1.29, 1.82) is 0 Å². The first kappa shape index (κ1) is 40.4. The van der Waals surface area contributed by atoms with Crippen LogP contribution in [0.25, 0.3) is 0 Å². The second-order valence-corrected chi connectivity index (χ2v) is 18.7. The van der Waals surface area contributed by atoms with Gasteiger partial charge in [0.2, 0.25) is 0 Å². The van der Waals surface area contributed by atoms with Gasteiger partial charge in [-0.05, 0) is 55.3 Å². The fraction of sp³-hybridized carbons (Fsp3) is 0.697. The van der Waals surface area contributed by atoms with Crippen LogP contribution in [0.15, 0.2) is 41.5 Å². The third-order valence-corrected chi connectivity index (χ3v) is 16.6. The summed E-state index contributed by atoms with van der Waals surface area (Å²) < 4.78 is 19.2. The van der Waals surface area contributed by atoms with Gasteiger partial charge in [-0.15, -0.1) is 0 Å². The number of hydrogen-bond acceptors (Lipinski definition) is 9. The zero-order valence-corrected chi connectivity index (χ0v) is 38.1. The van der Waals surface area contributed by atoms with Crippen molar-refractivity contribution in [3.63, 3.8) is 0 Å². The van der Waals surface area contributed by atoms with Gasteiger partial charge < -0.3 is 34.3 Å². The Bertz CT molecular complexity index is 1300. The summed E-state index contributed by atoms with van der Waals surface area (Å²) in [5, 5.41) is 48.4. The van der Waals surface area contributed by atoms with E-state index in [1.165, 1.54) is 0 Å². The van der Waals surface area contributed by atoms with Gasteiger partial charge in [-0.3, -0.25) is 4.79 Å². The van der Waals surface area contributed by atoms with E-state index in [9.17, 15) is 30.0 Å². The first-order valence-corrected chi connectivity index (χ1v) is 18.2. The van der Waals surface area contributed by atoms with Gasteiger partial charge in [0.05, 0.1) is 35.9 Å². The van der Waals surface area contributed by atoms with Crippen LogP contribution in [0, 0.1) is 105 Å². The van der Waals surface area contributed by atoms with Crippen LogP contribution in [0.3, 0.4) is 0 Å². The molecule has 0 spiro atoms. The quantitative estimate of drug-likeness (QED) is 0.184. The second-order valence-electron chi connectivity index (χ2n) is 14.0. The van der Waals surface area contributed by atoms with Gasteiger partial charge in [-0.25, -0.2) is 4.79 Å². The molecule has 2 radical (unpaired) electrons. The summed E-state index contributed by atoms with van der Waals surface area (Å²) in [5.74, 6) is -2.51. The molecule has 244 valence electrons. The molecule has 3 aliphatic carbocycles. The van der Waals surface area contributed by atoms with Crippen LogP contribution >= 0.6 is 0 Å². The number of aliphatic hydroxyl groups excluding tert-OH is 2. The van der Waals surface area contributed by atoms with Gasteiger partial charge in [-0.1, -0.05) is 52.8 Å².